The molecule has 1 aliphatic heterocycles. The van der Waals surface area contributed by atoms with Crippen molar-refractivity contribution in [3.8, 4) is 0 Å². The highest BCUT2D eigenvalue weighted by atomic mass is 32.1. The lowest BCUT2D eigenvalue weighted by Gasteiger charge is -2.19. The summed E-state index contributed by atoms with van der Waals surface area (Å²) in [7, 11) is 0. The number of nitrogens with one attached hydrogen (secondary N) is 2. The molecule has 0 aliphatic carbocycles. The number of nitrogens with zero attached hydrogens (tertiary/aromatic N) is 1. The number of anilines is 2. The van der Waals surface area contributed by atoms with Crippen molar-refractivity contribution in [2.45, 2.75) is 25.8 Å². The second-order valence-corrected chi connectivity index (χ2v) is 6.34. The van der Waals surface area contributed by atoms with Crippen molar-refractivity contribution in [1.29, 1.82) is 0 Å². The van der Waals surface area contributed by atoms with E-state index in [2.05, 4.69) is 29.7 Å². The van der Waals surface area contributed by atoms with Gasteiger partial charge in [-0.05, 0) is 49.3 Å². The van der Waals surface area contributed by atoms with Gasteiger partial charge in [0, 0.05) is 24.3 Å². The minimum Gasteiger partial charge on any atom is -0.356 e. The Morgan fingerprint density at radius 2 is 1.96 bits per heavy atom. The zero-order valence-electron chi connectivity index (χ0n) is 13.7. The van der Waals surface area contributed by atoms with Gasteiger partial charge in [0.2, 0.25) is 5.91 Å². The van der Waals surface area contributed by atoms with Crippen LogP contribution in [0.4, 0.5) is 11.4 Å². The number of benzene rings is 2. The summed E-state index contributed by atoms with van der Waals surface area (Å²) in [5, 5.41) is 7.05. The second kappa shape index (κ2) is 7.45. The van der Waals surface area contributed by atoms with Gasteiger partial charge in [-0.15, -0.1) is 0 Å². The van der Waals surface area contributed by atoms with Gasteiger partial charge in [0.1, 0.15) is 0 Å². The summed E-state index contributed by atoms with van der Waals surface area (Å²) in [6.07, 6.45) is 1.55. The first-order chi connectivity index (χ1) is 11.6. The van der Waals surface area contributed by atoms with Gasteiger partial charge >= 0.3 is 0 Å². The van der Waals surface area contributed by atoms with Gasteiger partial charge in [0.05, 0.1) is 6.04 Å². The molecule has 1 fully saturated rings. The molecule has 3 rings (SSSR count). The highest BCUT2D eigenvalue weighted by Crippen LogP contribution is 2.24. The van der Waals surface area contributed by atoms with Gasteiger partial charge in [-0.25, -0.2) is 0 Å². The molecule has 4 nitrogen and oxygen atoms in total. The van der Waals surface area contributed by atoms with Crippen LogP contribution in [0.3, 0.4) is 0 Å². The van der Waals surface area contributed by atoms with Crippen LogP contribution >= 0.6 is 12.2 Å². The number of hydrogen-bond donors (Lipinski definition) is 2. The molecule has 2 aromatic carbocycles. The molecule has 1 amide bonds. The number of rotatable bonds is 4. The Bertz CT molecular complexity index is 732. The molecule has 0 aromatic heterocycles. The van der Waals surface area contributed by atoms with Crippen LogP contribution in [0, 0.1) is 0 Å². The Morgan fingerprint density at radius 1 is 1.17 bits per heavy atom. The maximum absolute atomic E-state index is 11.9. The molecule has 1 aliphatic rings. The molecular formula is C19H21N3OS. The Labute approximate surface area is 147 Å². The summed E-state index contributed by atoms with van der Waals surface area (Å²) >= 11 is 5.41. The number of carbonyl (C=O) groups is 1. The van der Waals surface area contributed by atoms with Gasteiger partial charge < -0.3 is 15.5 Å². The summed E-state index contributed by atoms with van der Waals surface area (Å²) in [5.74, 6) is 0.186. The van der Waals surface area contributed by atoms with Crippen LogP contribution in [0.2, 0.25) is 0 Å². The fraction of sp³-hybridized carbons (Fsp3) is 0.263. The van der Waals surface area contributed by atoms with Crippen LogP contribution in [-0.2, 0) is 4.79 Å². The lowest BCUT2D eigenvalue weighted by molar-refractivity contribution is -0.117. The van der Waals surface area contributed by atoms with Crippen LogP contribution in [0.1, 0.15) is 31.4 Å². The van der Waals surface area contributed by atoms with Gasteiger partial charge in [0.25, 0.3) is 0 Å². The first-order valence-corrected chi connectivity index (χ1v) is 8.57. The Morgan fingerprint density at radius 3 is 2.67 bits per heavy atom. The minimum absolute atomic E-state index is 0.120. The van der Waals surface area contributed by atoms with E-state index in [4.69, 9.17) is 12.2 Å². The zero-order valence-corrected chi connectivity index (χ0v) is 14.5. The molecular weight excluding hydrogens is 318 g/mol. The van der Waals surface area contributed by atoms with E-state index in [0.29, 0.717) is 11.5 Å². The summed E-state index contributed by atoms with van der Waals surface area (Å²) in [6.45, 7) is 2.86. The van der Waals surface area contributed by atoms with Crippen LogP contribution in [0.5, 0.6) is 0 Å². The van der Waals surface area contributed by atoms with Crippen molar-refractivity contribution in [3.05, 3.63) is 60.2 Å². The molecule has 1 atom stereocenters. The van der Waals surface area contributed by atoms with Crippen molar-refractivity contribution < 1.29 is 4.79 Å². The average molecular weight is 339 g/mol. The third kappa shape index (κ3) is 3.92. The molecule has 1 saturated heterocycles. The average Bonchev–Trinajstić information content (AvgIpc) is 3.02. The van der Waals surface area contributed by atoms with Crippen LogP contribution in [-0.4, -0.2) is 17.6 Å². The number of amides is 1. The van der Waals surface area contributed by atoms with E-state index < -0.39 is 0 Å². The Balaban J connectivity index is 1.63. The molecule has 0 radical (unpaired) electrons. The number of hydrogen-bond acceptors (Lipinski definition) is 2. The van der Waals surface area contributed by atoms with Crippen LogP contribution in [0.25, 0.3) is 0 Å². The molecule has 2 N–H and O–H groups in total. The fourth-order valence-electron chi connectivity index (χ4n) is 2.86. The molecule has 0 unspecified atom stereocenters. The van der Waals surface area contributed by atoms with Crippen molar-refractivity contribution in [1.82, 2.24) is 5.32 Å². The molecule has 2 aromatic rings. The summed E-state index contributed by atoms with van der Waals surface area (Å²) in [4.78, 5) is 13.7. The molecule has 0 bridgehead atoms. The Hall–Kier alpha value is -2.40. The first kappa shape index (κ1) is 16.5. The summed E-state index contributed by atoms with van der Waals surface area (Å²) in [5.41, 5.74) is 2.98. The minimum atomic E-state index is 0.120. The lowest BCUT2D eigenvalue weighted by Crippen LogP contribution is -2.31. The normalized spacial score (nSPS) is 15.2. The van der Waals surface area contributed by atoms with Gasteiger partial charge in [-0.3, -0.25) is 4.79 Å². The summed E-state index contributed by atoms with van der Waals surface area (Å²) in [6, 6.07) is 18.1. The van der Waals surface area contributed by atoms with Crippen molar-refractivity contribution in [3.63, 3.8) is 0 Å². The van der Waals surface area contributed by atoms with E-state index in [0.717, 1.165) is 24.3 Å². The van der Waals surface area contributed by atoms with Crippen molar-refractivity contribution in [2.24, 2.45) is 0 Å². The highest BCUT2D eigenvalue weighted by molar-refractivity contribution is 7.80. The monoisotopic (exact) mass is 339 g/mol. The maximum Gasteiger partial charge on any atom is 0.227 e. The van der Waals surface area contributed by atoms with Crippen LogP contribution < -0.4 is 15.5 Å². The fourth-order valence-corrected chi connectivity index (χ4v) is 3.16. The number of thiocarbonyl (C=S) groups is 1. The molecule has 124 valence electrons. The van der Waals surface area contributed by atoms with Gasteiger partial charge in [0.15, 0.2) is 5.11 Å². The van der Waals surface area contributed by atoms with Gasteiger partial charge in [-0.1, -0.05) is 36.4 Å². The smallest absolute Gasteiger partial charge is 0.227 e. The molecule has 1 heterocycles. The van der Waals surface area contributed by atoms with E-state index >= 15 is 0 Å². The van der Waals surface area contributed by atoms with E-state index in [9.17, 15) is 4.79 Å². The van der Waals surface area contributed by atoms with E-state index in [-0.39, 0.29) is 11.9 Å². The predicted octanol–water partition coefficient (Wildman–Crippen LogP) is 3.86. The third-order valence-electron chi connectivity index (χ3n) is 4.14. The first-order valence-electron chi connectivity index (χ1n) is 8.16. The summed E-state index contributed by atoms with van der Waals surface area (Å²) < 4.78 is 0. The second-order valence-electron chi connectivity index (χ2n) is 5.93. The molecule has 5 heteroatoms. The van der Waals surface area contributed by atoms with Crippen molar-refractivity contribution >= 4 is 34.6 Å². The molecule has 0 saturated carbocycles. The molecule has 0 spiro atoms. The zero-order chi connectivity index (χ0) is 16.9. The Kier molecular flexibility index (Phi) is 5.11. The van der Waals surface area contributed by atoms with E-state index in [1.807, 2.05) is 47.4 Å². The number of carbonyl (C=O) groups excluding carboxylic acids is 1. The predicted molar refractivity (Wildman–Crippen MR) is 102 cm³/mol. The topological polar surface area (TPSA) is 44.4 Å². The maximum atomic E-state index is 11.9. The van der Waals surface area contributed by atoms with E-state index in [1.54, 1.807) is 0 Å². The highest BCUT2D eigenvalue weighted by Gasteiger charge is 2.21. The van der Waals surface area contributed by atoms with E-state index in [1.165, 1.54) is 5.56 Å². The van der Waals surface area contributed by atoms with Crippen molar-refractivity contribution in [2.75, 3.05) is 16.8 Å². The lowest BCUT2D eigenvalue weighted by atomic mass is 10.1. The largest absolute Gasteiger partial charge is 0.356 e. The third-order valence-corrected chi connectivity index (χ3v) is 4.36. The quantitative estimate of drug-likeness (QED) is 0.830. The van der Waals surface area contributed by atoms with Gasteiger partial charge in [-0.2, -0.15) is 0 Å². The standard InChI is InChI=1S/C19H21N3OS/c1-14(15-7-3-2-4-8-15)20-19(24)21-16-9-5-10-17(13-16)22-12-6-11-18(22)23/h2-5,7-10,13-14H,6,11-12H2,1H3,(H2,20,21,24)/t14-/m0/s1. The SMILES string of the molecule is C[C@H](NC(=S)Nc1cccc(N2CCCC2=O)c1)c1ccccc1. The van der Waals surface area contributed by atoms with Crippen LogP contribution in [0.15, 0.2) is 54.6 Å². The molecule has 24 heavy (non-hydrogen) atoms.